The summed E-state index contributed by atoms with van der Waals surface area (Å²) in [5.41, 5.74) is -0.765. The molecule has 2 unspecified atom stereocenters. The maximum Gasteiger partial charge on any atom is 0.416 e. The monoisotopic (exact) mass is 315 g/mol. The third kappa shape index (κ3) is 3.80. The minimum Gasteiger partial charge on any atom is -0.396 e. The van der Waals surface area contributed by atoms with E-state index in [-0.39, 0.29) is 30.4 Å². The second kappa shape index (κ2) is 6.28. The van der Waals surface area contributed by atoms with Crippen molar-refractivity contribution in [3.05, 3.63) is 35.4 Å². The average Bonchev–Trinajstić information content (AvgIpc) is 2.80. The van der Waals surface area contributed by atoms with Crippen LogP contribution in [0.1, 0.15) is 37.3 Å². The van der Waals surface area contributed by atoms with Gasteiger partial charge in [0.25, 0.3) is 0 Å². The number of hydrogen-bond donors (Lipinski definition) is 2. The molecule has 1 aromatic rings. The van der Waals surface area contributed by atoms with Gasteiger partial charge in [0.05, 0.1) is 18.6 Å². The van der Waals surface area contributed by atoms with Crippen LogP contribution >= 0.6 is 0 Å². The Bertz CT molecular complexity index is 544. The fourth-order valence-electron chi connectivity index (χ4n) is 2.96. The molecular formula is C16H20F3NO2. The number of aliphatic hydroxyl groups excluding tert-OH is 1. The normalized spacial score (nSPS) is 25.2. The average molecular weight is 315 g/mol. The SMILES string of the molecule is CC1(CO)CCCC1NC(=O)Cc1cccc(C(F)(F)F)c1. The molecule has 6 heteroatoms. The van der Waals surface area contributed by atoms with Crippen LogP contribution in [0, 0.1) is 5.41 Å². The number of carbonyl (C=O) groups is 1. The number of halogens is 3. The first-order valence-electron chi connectivity index (χ1n) is 7.31. The number of hydrogen-bond acceptors (Lipinski definition) is 2. The number of carbonyl (C=O) groups excluding carboxylic acids is 1. The molecule has 1 aliphatic carbocycles. The van der Waals surface area contributed by atoms with E-state index in [0.717, 1.165) is 31.4 Å². The highest BCUT2D eigenvalue weighted by atomic mass is 19.4. The third-order valence-electron chi connectivity index (χ3n) is 4.40. The van der Waals surface area contributed by atoms with Gasteiger partial charge in [-0.3, -0.25) is 4.79 Å². The molecule has 22 heavy (non-hydrogen) atoms. The Hall–Kier alpha value is -1.56. The molecule has 0 bridgehead atoms. The zero-order valence-corrected chi connectivity index (χ0v) is 12.4. The largest absolute Gasteiger partial charge is 0.416 e. The summed E-state index contributed by atoms with van der Waals surface area (Å²) >= 11 is 0. The summed E-state index contributed by atoms with van der Waals surface area (Å²) in [6.07, 6.45) is -1.97. The predicted octanol–water partition coefficient (Wildman–Crippen LogP) is 2.92. The van der Waals surface area contributed by atoms with E-state index in [1.54, 1.807) is 0 Å². The highest BCUT2D eigenvalue weighted by Gasteiger charge is 2.39. The van der Waals surface area contributed by atoms with Crippen LogP contribution in [0.2, 0.25) is 0 Å². The molecule has 1 fully saturated rings. The standard InChI is InChI=1S/C16H20F3NO2/c1-15(10-21)7-3-6-13(15)20-14(22)9-11-4-2-5-12(8-11)16(17,18)19/h2,4-5,8,13,21H,3,6-7,9-10H2,1H3,(H,20,22). The quantitative estimate of drug-likeness (QED) is 0.897. The van der Waals surface area contributed by atoms with Gasteiger partial charge in [-0.2, -0.15) is 13.2 Å². The Kier molecular flexibility index (Phi) is 4.80. The summed E-state index contributed by atoms with van der Waals surface area (Å²) in [6, 6.07) is 4.67. The summed E-state index contributed by atoms with van der Waals surface area (Å²) in [5.74, 6) is -0.314. The van der Waals surface area contributed by atoms with Crippen LogP contribution in [0.3, 0.4) is 0 Å². The van der Waals surface area contributed by atoms with Crippen molar-refractivity contribution in [2.24, 2.45) is 5.41 Å². The van der Waals surface area contributed by atoms with Crippen molar-refractivity contribution in [1.29, 1.82) is 0 Å². The maximum atomic E-state index is 12.7. The van der Waals surface area contributed by atoms with Gasteiger partial charge >= 0.3 is 6.18 Å². The number of nitrogens with one attached hydrogen (secondary N) is 1. The highest BCUT2D eigenvalue weighted by molar-refractivity contribution is 5.79. The van der Waals surface area contributed by atoms with Crippen molar-refractivity contribution in [2.45, 2.75) is 44.8 Å². The van der Waals surface area contributed by atoms with Crippen molar-refractivity contribution in [1.82, 2.24) is 5.32 Å². The number of alkyl halides is 3. The minimum atomic E-state index is -4.41. The van der Waals surface area contributed by atoms with Crippen LogP contribution in [0.5, 0.6) is 0 Å². The summed E-state index contributed by atoms with van der Waals surface area (Å²) in [5, 5.41) is 12.3. The van der Waals surface area contributed by atoms with Crippen LogP contribution in [-0.2, 0) is 17.4 Å². The molecule has 1 amide bonds. The lowest BCUT2D eigenvalue weighted by molar-refractivity contribution is -0.137. The Labute approximate surface area is 127 Å². The van der Waals surface area contributed by atoms with Crippen molar-refractivity contribution in [3.63, 3.8) is 0 Å². The molecule has 2 N–H and O–H groups in total. The molecule has 0 spiro atoms. The smallest absolute Gasteiger partial charge is 0.396 e. The molecule has 1 aromatic carbocycles. The van der Waals surface area contributed by atoms with Gasteiger partial charge < -0.3 is 10.4 Å². The van der Waals surface area contributed by atoms with Gasteiger partial charge in [-0.1, -0.05) is 31.5 Å². The van der Waals surface area contributed by atoms with E-state index < -0.39 is 11.7 Å². The maximum absolute atomic E-state index is 12.7. The Morgan fingerprint density at radius 3 is 2.82 bits per heavy atom. The highest BCUT2D eigenvalue weighted by Crippen LogP contribution is 2.37. The second-order valence-electron chi connectivity index (χ2n) is 6.20. The molecule has 2 rings (SSSR count). The number of amides is 1. The van der Waals surface area contributed by atoms with E-state index in [4.69, 9.17) is 0 Å². The molecule has 0 saturated heterocycles. The molecule has 0 aromatic heterocycles. The number of aliphatic hydroxyl groups is 1. The van der Waals surface area contributed by atoms with E-state index >= 15 is 0 Å². The van der Waals surface area contributed by atoms with Gasteiger partial charge in [-0.25, -0.2) is 0 Å². The predicted molar refractivity (Wildman–Crippen MR) is 76.1 cm³/mol. The van der Waals surface area contributed by atoms with E-state index in [1.807, 2.05) is 6.92 Å². The van der Waals surface area contributed by atoms with Crippen LogP contribution < -0.4 is 5.32 Å². The fraction of sp³-hybridized carbons (Fsp3) is 0.562. The van der Waals surface area contributed by atoms with Crippen molar-refractivity contribution in [2.75, 3.05) is 6.61 Å². The Morgan fingerprint density at radius 2 is 2.18 bits per heavy atom. The second-order valence-corrected chi connectivity index (χ2v) is 6.20. The van der Waals surface area contributed by atoms with Gasteiger partial charge in [0.2, 0.25) is 5.91 Å². The lowest BCUT2D eigenvalue weighted by Crippen LogP contribution is -2.45. The molecule has 0 radical (unpaired) electrons. The lowest BCUT2D eigenvalue weighted by Gasteiger charge is -2.30. The van der Waals surface area contributed by atoms with Crippen molar-refractivity contribution >= 4 is 5.91 Å². The van der Waals surface area contributed by atoms with Crippen LogP contribution in [-0.4, -0.2) is 23.7 Å². The third-order valence-corrected chi connectivity index (χ3v) is 4.40. The first kappa shape index (κ1) is 16.8. The van der Waals surface area contributed by atoms with E-state index in [9.17, 15) is 23.1 Å². The molecule has 1 aliphatic rings. The Balaban J connectivity index is 2.01. The van der Waals surface area contributed by atoms with Gasteiger partial charge in [0, 0.05) is 11.5 Å². The van der Waals surface area contributed by atoms with Crippen LogP contribution in [0.25, 0.3) is 0 Å². The topological polar surface area (TPSA) is 49.3 Å². The van der Waals surface area contributed by atoms with Gasteiger partial charge in [0.1, 0.15) is 0 Å². The molecule has 3 nitrogen and oxygen atoms in total. The molecule has 122 valence electrons. The summed E-state index contributed by atoms with van der Waals surface area (Å²) in [4.78, 5) is 12.1. The zero-order valence-electron chi connectivity index (χ0n) is 12.4. The summed E-state index contributed by atoms with van der Waals surface area (Å²) < 4.78 is 38.0. The first-order valence-corrected chi connectivity index (χ1v) is 7.31. The van der Waals surface area contributed by atoms with Gasteiger partial charge in [-0.05, 0) is 24.5 Å². The lowest BCUT2D eigenvalue weighted by atomic mass is 9.85. The molecule has 1 saturated carbocycles. The van der Waals surface area contributed by atoms with Crippen LogP contribution in [0.15, 0.2) is 24.3 Å². The molecule has 0 heterocycles. The van der Waals surface area contributed by atoms with Crippen molar-refractivity contribution < 1.29 is 23.1 Å². The molecule has 2 atom stereocenters. The fourth-order valence-corrected chi connectivity index (χ4v) is 2.96. The van der Waals surface area contributed by atoms with Crippen molar-refractivity contribution in [3.8, 4) is 0 Å². The number of benzene rings is 1. The van der Waals surface area contributed by atoms with E-state index in [1.165, 1.54) is 12.1 Å². The number of rotatable bonds is 4. The summed E-state index contributed by atoms with van der Waals surface area (Å²) in [6.45, 7) is 1.90. The molecular weight excluding hydrogens is 295 g/mol. The van der Waals surface area contributed by atoms with Crippen LogP contribution in [0.4, 0.5) is 13.2 Å². The summed E-state index contributed by atoms with van der Waals surface area (Å²) in [7, 11) is 0. The first-order chi connectivity index (χ1) is 10.2. The zero-order chi connectivity index (χ0) is 16.4. The molecule has 0 aliphatic heterocycles. The minimum absolute atomic E-state index is 0.0124. The Morgan fingerprint density at radius 1 is 1.45 bits per heavy atom. The van der Waals surface area contributed by atoms with Gasteiger partial charge in [0.15, 0.2) is 0 Å². The van der Waals surface area contributed by atoms with E-state index in [2.05, 4.69) is 5.32 Å². The van der Waals surface area contributed by atoms with E-state index in [0.29, 0.717) is 5.56 Å². The van der Waals surface area contributed by atoms with Gasteiger partial charge in [-0.15, -0.1) is 0 Å².